The van der Waals surface area contributed by atoms with Gasteiger partial charge in [-0.3, -0.25) is 4.79 Å². The first-order valence-electron chi connectivity index (χ1n) is 4.18. The maximum Gasteiger partial charge on any atom is 0.246 e. The van der Waals surface area contributed by atoms with Crippen molar-refractivity contribution >= 4 is 5.91 Å². The van der Waals surface area contributed by atoms with Gasteiger partial charge in [-0.2, -0.15) is 0 Å². The summed E-state index contributed by atoms with van der Waals surface area (Å²) in [5, 5.41) is 5.54. The lowest BCUT2D eigenvalue weighted by Crippen LogP contribution is -2.17. The van der Waals surface area contributed by atoms with E-state index in [2.05, 4.69) is 31.1 Å². The van der Waals surface area contributed by atoms with Crippen molar-refractivity contribution < 1.29 is 4.79 Å². The van der Waals surface area contributed by atoms with E-state index in [-0.39, 0.29) is 5.91 Å². The molecule has 0 heterocycles. The Morgan fingerprint density at radius 1 is 1.33 bits per heavy atom. The fourth-order valence-electron chi connectivity index (χ4n) is 0.463. The molecule has 0 rings (SSSR count). The van der Waals surface area contributed by atoms with Crippen LogP contribution in [0.15, 0.2) is 12.2 Å². The Balaban J connectivity index is 0. The molecule has 3 nitrogen and oxygen atoms in total. The first-order valence-corrected chi connectivity index (χ1v) is 4.18. The maximum atomic E-state index is 10.3. The third-order valence-electron chi connectivity index (χ3n) is 1.11. The Bertz CT molecular complexity index is 130. The summed E-state index contributed by atoms with van der Waals surface area (Å²) >= 11 is 0. The van der Waals surface area contributed by atoms with E-state index in [9.17, 15) is 4.79 Å². The predicted octanol–water partition coefficient (Wildman–Crippen LogP) is 0.924. The van der Waals surface area contributed by atoms with Crippen LogP contribution in [0, 0.1) is 0 Å². The van der Waals surface area contributed by atoms with Crippen molar-refractivity contribution in [1.82, 2.24) is 10.6 Å². The van der Waals surface area contributed by atoms with Gasteiger partial charge in [0.15, 0.2) is 0 Å². The van der Waals surface area contributed by atoms with Gasteiger partial charge in [0, 0.05) is 12.6 Å². The summed E-state index contributed by atoms with van der Waals surface area (Å²) in [6.07, 6.45) is 0. The first kappa shape index (κ1) is 13.7. The lowest BCUT2D eigenvalue weighted by atomic mass is 10.3. The molecule has 72 valence electrons. The Morgan fingerprint density at radius 2 is 1.75 bits per heavy atom. The van der Waals surface area contributed by atoms with Crippen LogP contribution in [0.4, 0.5) is 0 Å². The number of likely N-dealkylation sites (N-methyl/N-ethyl adjacent to an activating group) is 1. The van der Waals surface area contributed by atoms with Crippen LogP contribution in [-0.2, 0) is 4.79 Å². The standard InChI is InChI=1S/C5H9NO.C4H11N/c1-4(2)5(7)6-3;1-3-5-4-2/h1H2,2-3H3,(H,6,7);5H,3-4H2,1-2H3. The van der Waals surface area contributed by atoms with Crippen LogP contribution in [0.3, 0.4) is 0 Å². The minimum atomic E-state index is -0.0972. The van der Waals surface area contributed by atoms with Crippen molar-refractivity contribution in [3.8, 4) is 0 Å². The van der Waals surface area contributed by atoms with Gasteiger partial charge in [0.1, 0.15) is 0 Å². The highest BCUT2D eigenvalue weighted by molar-refractivity contribution is 5.91. The molecular weight excluding hydrogens is 152 g/mol. The van der Waals surface area contributed by atoms with Crippen molar-refractivity contribution in [2.45, 2.75) is 20.8 Å². The fraction of sp³-hybridized carbons (Fsp3) is 0.667. The molecule has 0 fully saturated rings. The Labute approximate surface area is 75.2 Å². The number of rotatable bonds is 3. The van der Waals surface area contributed by atoms with E-state index in [1.54, 1.807) is 14.0 Å². The largest absolute Gasteiger partial charge is 0.355 e. The second-order valence-corrected chi connectivity index (χ2v) is 2.32. The molecule has 2 N–H and O–H groups in total. The summed E-state index contributed by atoms with van der Waals surface area (Å²) in [6, 6.07) is 0. The number of amides is 1. The molecule has 0 saturated heterocycles. The number of nitrogens with one attached hydrogen (secondary N) is 2. The zero-order valence-corrected chi connectivity index (χ0v) is 8.53. The van der Waals surface area contributed by atoms with E-state index in [1.165, 1.54) is 0 Å². The highest BCUT2D eigenvalue weighted by Gasteiger charge is 1.92. The predicted molar refractivity (Wildman–Crippen MR) is 53.1 cm³/mol. The Hall–Kier alpha value is -0.830. The van der Waals surface area contributed by atoms with Crippen molar-refractivity contribution in [3.63, 3.8) is 0 Å². The number of carbonyl (C=O) groups excluding carboxylic acids is 1. The van der Waals surface area contributed by atoms with E-state index in [0.29, 0.717) is 5.57 Å². The zero-order chi connectivity index (χ0) is 9.98. The average Bonchev–Trinajstić information content (AvgIpc) is 2.05. The second-order valence-electron chi connectivity index (χ2n) is 2.32. The van der Waals surface area contributed by atoms with E-state index in [1.807, 2.05) is 0 Å². The van der Waals surface area contributed by atoms with Crippen LogP contribution < -0.4 is 10.6 Å². The minimum Gasteiger partial charge on any atom is -0.355 e. The maximum absolute atomic E-state index is 10.3. The molecule has 0 unspecified atom stereocenters. The topological polar surface area (TPSA) is 41.1 Å². The van der Waals surface area contributed by atoms with Gasteiger partial charge in [-0.05, 0) is 20.0 Å². The SMILES string of the molecule is C=C(C)C(=O)NC.CCNCC. The first-order chi connectivity index (χ1) is 5.59. The molecule has 1 amide bonds. The molecule has 0 radical (unpaired) electrons. The molecule has 0 aliphatic rings. The quantitative estimate of drug-likeness (QED) is 0.622. The van der Waals surface area contributed by atoms with Crippen LogP contribution >= 0.6 is 0 Å². The van der Waals surface area contributed by atoms with Crippen molar-refractivity contribution in [2.24, 2.45) is 0 Å². The fourth-order valence-corrected chi connectivity index (χ4v) is 0.463. The molecule has 12 heavy (non-hydrogen) atoms. The van der Waals surface area contributed by atoms with Crippen molar-refractivity contribution in [3.05, 3.63) is 12.2 Å². The average molecular weight is 172 g/mol. The number of hydrogen-bond donors (Lipinski definition) is 2. The molecule has 0 aliphatic heterocycles. The molecule has 0 saturated carbocycles. The van der Waals surface area contributed by atoms with E-state index >= 15 is 0 Å². The third-order valence-corrected chi connectivity index (χ3v) is 1.11. The normalized spacial score (nSPS) is 8.00. The number of carbonyl (C=O) groups is 1. The molecule has 0 atom stereocenters. The molecule has 0 aromatic heterocycles. The minimum absolute atomic E-state index is 0.0972. The van der Waals surface area contributed by atoms with Crippen molar-refractivity contribution in [1.29, 1.82) is 0 Å². The molecule has 3 heteroatoms. The Morgan fingerprint density at radius 3 is 1.75 bits per heavy atom. The highest BCUT2D eigenvalue weighted by atomic mass is 16.1. The monoisotopic (exact) mass is 172 g/mol. The highest BCUT2D eigenvalue weighted by Crippen LogP contribution is 1.81. The molecular formula is C9H20N2O. The summed E-state index contributed by atoms with van der Waals surface area (Å²) in [5.74, 6) is -0.0972. The van der Waals surface area contributed by atoms with Gasteiger partial charge in [-0.15, -0.1) is 0 Å². The summed E-state index contributed by atoms with van der Waals surface area (Å²) in [6.45, 7) is 11.5. The van der Waals surface area contributed by atoms with Crippen LogP contribution in [0.25, 0.3) is 0 Å². The molecule has 0 spiro atoms. The lowest BCUT2D eigenvalue weighted by molar-refractivity contribution is -0.116. The van der Waals surface area contributed by atoms with E-state index < -0.39 is 0 Å². The molecule has 0 aromatic rings. The zero-order valence-electron chi connectivity index (χ0n) is 8.53. The van der Waals surface area contributed by atoms with Gasteiger partial charge in [-0.1, -0.05) is 20.4 Å². The lowest BCUT2D eigenvalue weighted by Gasteiger charge is -1.91. The van der Waals surface area contributed by atoms with Crippen LogP contribution in [0.5, 0.6) is 0 Å². The van der Waals surface area contributed by atoms with Gasteiger partial charge < -0.3 is 10.6 Å². The summed E-state index contributed by atoms with van der Waals surface area (Å²) in [5.41, 5.74) is 0.544. The third kappa shape index (κ3) is 11.9. The van der Waals surface area contributed by atoms with E-state index in [4.69, 9.17) is 0 Å². The molecule has 0 aromatic carbocycles. The van der Waals surface area contributed by atoms with Gasteiger partial charge in [-0.25, -0.2) is 0 Å². The summed E-state index contributed by atoms with van der Waals surface area (Å²) in [7, 11) is 1.58. The smallest absolute Gasteiger partial charge is 0.246 e. The van der Waals surface area contributed by atoms with Crippen molar-refractivity contribution in [2.75, 3.05) is 20.1 Å². The van der Waals surface area contributed by atoms with Gasteiger partial charge in [0.25, 0.3) is 0 Å². The molecule has 0 aliphatic carbocycles. The Kier molecular flexibility index (Phi) is 11.6. The van der Waals surface area contributed by atoms with Gasteiger partial charge in [0.05, 0.1) is 0 Å². The van der Waals surface area contributed by atoms with Crippen LogP contribution in [-0.4, -0.2) is 26.0 Å². The summed E-state index contributed by atoms with van der Waals surface area (Å²) in [4.78, 5) is 10.3. The van der Waals surface area contributed by atoms with Crippen LogP contribution in [0.2, 0.25) is 0 Å². The van der Waals surface area contributed by atoms with E-state index in [0.717, 1.165) is 13.1 Å². The van der Waals surface area contributed by atoms with Crippen LogP contribution in [0.1, 0.15) is 20.8 Å². The second kappa shape index (κ2) is 10.2. The van der Waals surface area contributed by atoms with Gasteiger partial charge >= 0.3 is 0 Å². The summed E-state index contributed by atoms with van der Waals surface area (Å²) < 4.78 is 0. The number of hydrogen-bond acceptors (Lipinski definition) is 2. The molecule has 0 bridgehead atoms. The van der Waals surface area contributed by atoms with Gasteiger partial charge in [0.2, 0.25) is 5.91 Å².